The maximum absolute atomic E-state index is 6.81. The Morgan fingerprint density at radius 2 is 0.980 bits per heavy atom. The number of benzene rings is 8. The Hall–Kier alpha value is -6.16. The van der Waals surface area contributed by atoms with Crippen LogP contribution in [0.15, 0.2) is 180 Å². The summed E-state index contributed by atoms with van der Waals surface area (Å²) >= 11 is 1.86. The summed E-state index contributed by atoms with van der Waals surface area (Å²) in [5, 5.41) is 7.08. The van der Waals surface area contributed by atoms with Crippen LogP contribution in [0.1, 0.15) is 0 Å². The van der Waals surface area contributed by atoms with Crippen LogP contribution < -0.4 is 4.90 Å². The molecule has 0 radical (unpaired) electrons. The molecule has 0 saturated heterocycles. The number of hydrogen-bond acceptors (Lipinski definition) is 3. The number of thiophene rings is 1. The van der Waals surface area contributed by atoms with Crippen LogP contribution in [0.4, 0.5) is 17.1 Å². The van der Waals surface area contributed by atoms with Gasteiger partial charge < -0.3 is 9.32 Å². The van der Waals surface area contributed by atoms with Gasteiger partial charge in [0.2, 0.25) is 0 Å². The van der Waals surface area contributed by atoms with E-state index in [1.165, 1.54) is 31.3 Å². The van der Waals surface area contributed by atoms with Crippen molar-refractivity contribution in [2.24, 2.45) is 0 Å². The van der Waals surface area contributed by atoms with E-state index in [9.17, 15) is 0 Å². The first kappa shape index (κ1) is 27.9. The first-order valence-electron chi connectivity index (χ1n) is 16.6. The van der Waals surface area contributed by atoms with E-state index >= 15 is 0 Å². The van der Waals surface area contributed by atoms with Gasteiger partial charge in [-0.2, -0.15) is 0 Å². The summed E-state index contributed by atoms with van der Waals surface area (Å²) in [6.07, 6.45) is 0. The van der Waals surface area contributed by atoms with Crippen LogP contribution in [0.2, 0.25) is 0 Å². The summed E-state index contributed by atoms with van der Waals surface area (Å²) in [6.45, 7) is 0. The fourth-order valence-corrected chi connectivity index (χ4v) is 8.51. The normalized spacial score (nSPS) is 11.7. The molecule has 10 aromatic rings. The van der Waals surface area contributed by atoms with Gasteiger partial charge in [0.25, 0.3) is 0 Å². The Kier molecular flexibility index (Phi) is 6.39. The minimum atomic E-state index is 0.913. The molecular weight excluding hydrogens is 615 g/mol. The molecule has 0 atom stereocenters. The van der Waals surface area contributed by atoms with Crippen LogP contribution in [0, 0.1) is 0 Å². The van der Waals surface area contributed by atoms with E-state index in [-0.39, 0.29) is 0 Å². The van der Waals surface area contributed by atoms with Crippen molar-refractivity contribution < 1.29 is 4.42 Å². The van der Waals surface area contributed by atoms with Gasteiger partial charge in [0, 0.05) is 58.7 Å². The molecule has 10 rings (SSSR count). The molecule has 0 aliphatic heterocycles. The predicted octanol–water partition coefficient (Wildman–Crippen LogP) is 13.9. The van der Waals surface area contributed by atoms with Crippen molar-refractivity contribution in [3.8, 4) is 22.3 Å². The van der Waals surface area contributed by atoms with Gasteiger partial charge in [-0.1, -0.05) is 133 Å². The zero-order chi connectivity index (χ0) is 32.3. The first-order chi connectivity index (χ1) is 24.3. The number of nitrogens with zero attached hydrogens (tertiary/aromatic N) is 1. The van der Waals surface area contributed by atoms with E-state index in [4.69, 9.17) is 4.42 Å². The highest BCUT2D eigenvalue weighted by Crippen LogP contribution is 2.46. The molecule has 0 saturated carbocycles. The lowest BCUT2D eigenvalue weighted by Gasteiger charge is -2.27. The summed E-state index contributed by atoms with van der Waals surface area (Å²) < 4.78 is 9.44. The highest BCUT2D eigenvalue weighted by Gasteiger charge is 2.21. The van der Waals surface area contributed by atoms with Gasteiger partial charge in [0.15, 0.2) is 0 Å². The van der Waals surface area contributed by atoms with Gasteiger partial charge in [-0.3, -0.25) is 0 Å². The fraction of sp³-hybridized carbons (Fsp3) is 0. The van der Waals surface area contributed by atoms with Gasteiger partial charge in [-0.15, -0.1) is 11.3 Å². The number of rotatable bonds is 5. The molecule has 0 aliphatic carbocycles. The molecule has 2 nitrogen and oxygen atoms in total. The maximum Gasteiger partial charge on any atom is 0.143 e. The Bertz CT molecular complexity index is 2830. The van der Waals surface area contributed by atoms with Crippen molar-refractivity contribution in [2.45, 2.75) is 0 Å². The minimum absolute atomic E-state index is 0.913. The van der Waals surface area contributed by atoms with Gasteiger partial charge in [0.1, 0.15) is 11.2 Å². The molecule has 2 heterocycles. The monoisotopic (exact) mass is 643 g/mol. The molecule has 0 fully saturated rings. The average Bonchev–Trinajstić information content (AvgIpc) is 3.74. The van der Waals surface area contributed by atoms with Gasteiger partial charge in [0.05, 0.1) is 5.69 Å². The lowest BCUT2D eigenvalue weighted by molar-refractivity contribution is 0.674. The maximum atomic E-state index is 6.81. The number of hydrogen-bond donors (Lipinski definition) is 0. The Balaban J connectivity index is 1.20. The lowest BCUT2D eigenvalue weighted by Crippen LogP contribution is -2.10. The number of para-hydroxylation sites is 2. The zero-order valence-electron chi connectivity index (χ0n) is 26.5. The van der Waals surface area contributed by atoms with Crippen LogP contribution in [0.5, 0.6) is 0 Å². The van der Waals surface area contributed by atoms with E-state index in [0.29, 0.717) is 0 Å². The molecule has 230 valence electrons. The lowest BCUT2D eigenvalue weighted by atomic mass is 9.99. The van der Waals surface area contributed by atoms with Crippen molar-refractivity contribution in [3.63, 3.8) is 0 Å². The molecule has 0 spiro atoms. The second kappa shape index (κ2) is 11.2. The molecule has 0 aliphatic rings. The fourth-order valence-electron chi connectivity index (χ4n) is 7.37. The van der Waals surface area contributed by atoms with Crippen LogP contribution in [0.3, 0.4) is 0 Å². The molecule has 49 heavy (non-hydrogen) atoms. The predicted molar refractivity (Wildman–Crippen MR) is 210 cm³/mol. The van der Waals surface area contributed by atoms with Gasteiger partial charge in [-0.25, -0.2) is 0 Å². The van der Waals surface area contributed by atoms with E-state index in [1.807, 2.05) is 11.3 Å². The third-order valence-corrected chi connectivity index (χ3v) is 10.8. The van der Waals surface area contributed by atoms with E-state index in [2.05, 4.69) is 181 Å². The number of anilines is 3. The van der Waals surface area contributed by atoms with Crippen molar-refractivity contribution >= 4 is 81.3 Å². The largest absolute Gasteiger partial charge is 0.455 e. The Morgan fingerprint density at radius 1 is 0.367 bits per heavy atom. The van der Waals surface area contributed by atoms with E-state index in [0.717, 1.165) is 60.9 Å². The molecule has 0 bridgehead atoms. The van der Waals surface area contributed by atoms with Gasteiger partial charge >= 0.3 is 0 Å². The molecule has 2 aromatic heterocycles. The third-order valence-electron chi connectivity index (χ3n) is 9.64. The minimum Gasteiger partial charge on any atom is -0.455 e. The molecule has 0 N–H and O–H groups in total. The molecule has 8 aromatic carbocycles. The Morgan fingerprint density at radius 3 is 1.84 bits per heavy atom. The second-order valence-electron chi connectivity index (χ2n) is 12.5. The molecule has 0 amide bonds. The summed E-state index contributed by atoms with van der Waals surface area (Å²) in [5.41, 5.74) is 9.78. The molecular formula is C46H29NOS. The third kappa shape index (κ3) is 4.55. The summed E-state index contributed by atoms with van der Waals surface area (Å²) in [6, 6.07) is 63.1. The van der Waals surface area contributed by atoms with Crippen molar-refractivity contribution in [3.05, 3.63) is 176 Å². The molecule has 3 heteroatoms. The molecule has 0 unspecified atom stereocenters. The second-order valence-corrected chi connectivity index (χ2v) is 13.6. The zero-order valence-corrected chi connectivity index (χ0v) is 27.3. The summed E-state index contributed by atoms with van der Waals surface area (Å²) in [5.74, 6) is 0. The van der Waals surface area contributed by atoms with Crippen molar-refractivity contribution in [2.75, 3.05) is 4.90 Å². The quantitative estimate of drug-likeness (QED) is 0.186. The van der Waals surface area contributed by atoms with Crippen LogP contribution >= 0.6 is 11.3 Å². The SMILES string of the molecule is c1ccc(-c2cccc3c2oc2c4ccccc4c(N(c4ccccc4)c4cccc(-c5ccc6c(c5)sc5ccccc56)c4)cc32)cc1. The van der Waals surface area contributed by atoms with Crippen molar-refractivity contribution in [1.29, 1.82) is 0 Å². The van der Waals surface area contributed by atoms with E-state index in [1.54, 1.807) is 0 Å². The summed E-state index contributed by atoms with van der Waals surface area (Å²) in [7, 11) is 0. The summed E-state index contributed by atoms with van der Waals surface area (Å²) in [4.78, 5) is 2.39. The van der Waals surface area contributed by atoms with E-state index < -0.39 is 0 Å². The number of furan rings is 1. The smallest absolute Gasteiger partial charge is 0.143 e. The Labute approximate surface area is 287 Å². The van der Waals surface area contributed by atoms with Crippen LogP contribution in [-0.2, 0) is 0 Å². The topological polar surface area (TPSA) is 16.4 Å². The average molecular weight is 644 g/mol. The van der Waals surface area contributed by atoms with Crippen LogP contribution in [0.25, 0.3) is 75.1 Å². The van der Waals surface area contributed by atoms with Crippen molar-refractivity contribution in [1.82, 2.24) is 0 Å². The highest BCUT2D eigenvalue weighted by atomic mass is 32.1. The van der Waals surface area contributed by atoms with Gasteiger partial charge in [-0.05, 0) is 59.2 Å². The van der Waals surface area contributed by atoms with Crippen LogP contribution in [-0.4, -0.2) is 0 Å². The standard InChI is InChI=1S/C46H29NOS/c1-3-13-30(14-4-1)35-22-12-23-40-41-29-42(36-19-7-8-21-39(36)46(41)48-45(35)40)47(33-16-5-2-6-17-33)34-18-11-15-31(27-34)32-25-26-38-37-20-9-10-24-43(37)49-44(38)28-32/h1-29H. The highest BCUT2D eigenvalue weighted by molar-refractivity contribution is 7.25. The first-order valence-corrected chi connectivity index (χ1v) is 17.4. The number of fused-ring (bicyclic) bond motifs is 8.